The number of nitrogens with zero attached hydrogens (tertiary/aromatic N) is 2. The molecule has 3 heterocycles. The quantitative estimate of drug-likeness (QED) is 0.183. The van der Waals surface area contributed by atoms with Crippen molar-refractivity contribution in [1.29, 1.82) is 0 Å². The summed E-state index contributed by atoms with van der Waals surface area (Å²) in [7, 11) is 0. The van der Waals surface area contributed by atoms with Gasteiger partial charge in [-0.3, -0.25) is 0 Å². The Morgan fingerprint density at radius 1 is 0.444 bits per heavy atom. The number of hydrogen-bond donors (Lipinski definition) is 0. The van der Waals surface area contributed by atoms with Crippen molar-refractivity contribution in [2.45, 2.75) is 19.3 Å². The summed E-state index contributed by atoms with van der Waals surface area (Å²) in [5.74, 6) is 3.46. The van der Waals surface area contributed by atoms with Gasteiger partial charge in [0.25, 0.3) is 0 Å². The summed E-state index contributed by atoms with van der Waals surface area (Å²) in [5, 5.41) is 2.17. The van der Waals surface area contributed by atoms with Gasteiger partial charge in [-0.15, -0.1) is 0 Å². The first-order valence-electron chi connectivity index (χ1n) is 18.2. The van der Waals surface area contributed by atoms with E-state index in [9.17, 15) is 0 Å². The number of hydrogen-bond acceptors (Lipinski definition) is 5. The van der Waals surface area contributed by atoms with Crippen molar-refractivity contribution in [3.05, 3.63) is 169 Å². The highest BCUT2D eigenvalue weighted by atomic mass is 16.6. The highest BCUT2D eigenvalue weighted by Gasteiger charge is 2.40. The summed E-state index contributed by atoms with van der Waals surface area (Å²) in [4.78, 5) is 10.3. The lowest BCUT2D eigenvalue weighted by atomic mass is 9.82. The van der Waals surface area contributed by atoms with E-state index in [1.54, 1.807) is 0 Å². The van der Waals surface area contributed by atoms with Crippen LogP contribution in [-0.2, 0) is 5.41 Å². The third-order valence-corrected chi connectivity index (χ3v) is 11.0. The molecule has 0 spiro atoms. The maximum absolute atomic E-state index is 6.85. The predicted molar refractivity (Wildman–Crippen MR) is 215 cm³/mol. The fraction of sp³-hybridized carbons (Fsp3) is 0.0612. The maximum Gasteiger partial charge on any atom is 0.178 e. The van der Waals surface area contributed by atoms with Crippen molar-refractivity contribution in [3.63, 3.8) is 0 Å². The van der Waals surface area contributed by atoms with Crippen LogP contribution in [0, 0.1) is 0 Å². The molecule has 0 atom stereocenters. The van der Waals surface area contributed by atoms with Crippen LogP contribution in [-0.4, -0.2) is 9.97 Å². The van der Waals surface area contributed by atoms with Crippen LogP contribution in [0.3, 0.4) is 0 Å². The summed E-state index contributed by atoms with van der Waals surface area (Å²) in [6.07, 6.45) is 0. The average Bonchev–Trinajstić information content (AvgIpc) is 3.71. The molecule has 256 valence electrons. The normalized spacial score (nSPS) is 13.4. The van der Waals surface area contributed by atoms with Crippen LogP contribution in [0.25, 0.3) is 78.1 Å². The van der Waals surface area contributed by atoms with Gasteiger partial charge in [-0.05, 0) is 58.7 Å². The summed E-state index contributed by atoms with van der Waals surface area (Å²) >= 11 is 0. The fourth-order valence-corrected chi connectivity index (χ4v) is 8.33. The zero-order valence-corrected chi connectivity index (χ0v) is 29.6. The van der Waals surface area contributed by atoms with Gasteiger partial charge in [-0.25, -0.2) is 9.97 Å². The topological polar surface area (TPSA) is 57.4 Å². The molecule has 1 aliphatic heterocycles. The standard InChI is InChI=1S/C49H32N2O3/c1-49(2)37-20-10-8-18-36(37)45-38(49)25-26-43-47(45)54-42-22-12-19-35(46(42)53-43)31-15-6-7-16-32(31)40-28-39(50-48(51-40)29-13-4-3-5-14-29)30-23-24-34-33-17-9-11-21-41(33)52-44(34)27-30/h3-28H,1-2H3. The highest BCUT2D eigenvalue weighted by molar-refractivity contribution is 6.06. The van der Waals surface area contributed by atoms with Crippen LogP contribution in [0.4, 0.5) is 0 Å². The van der Waals surface area contributed by atoms with E-state index < -0.39 is 0 Å². The summed E-state index contributed by atoms with van der Waals surface area (Å²) in [6.45, 7) is 4.55. The van der Waals surface area contributed by atoms with Crippen molar-refractivity contribution in [2.75, 3.05) is 0 Å². The number of para-hydroxylation sites is 2. The Labute approximate surface area is 312 Å². The Bertz CT molecular complexity index is 2980. The van der Waals surface area contributed by atoms with Gasteiger partial charge in [0.05, 0.1) is 11.4 Å². The van der Waals surface area contributed by atoms with Gasteiger partial charge in [-0.1, -0.05) is 135 Å². The van der Waals surface area contributed by atoms with E-state index in [0.29, 0.717) is 23.1 Å². The van der Waals surface area contributed by atoms with Crippen molar-refractivity contribution >= 4 is 21.9 Å². The molecular weight excluding hydrogens is 665 g/mol. The van der Waals surface area contributed by atoms with E-state index in [1.165, 1.54) is 16.7 Å². The second kappa shape index (κ2) is 11.5. The Morgan fingerprint density at radius 2 is 1.13 bits per heavy atom. The SMILES string of the molecule is CC1(C)c2ccccc2-c2c1ccc1c2Oc2cccc(-c3ccccc3-c3cc(-c4ccc5c(c4)oc4ccccc45)nc(-c4ccccc4)n3)c2O1. The number of fused-ring (bicyclic) bond motifs is 9. The van der Waals surface area contributed by atoms with E-state index in [0.717, 1.165) is 72.5 Å². The van der Waals surface area contributed by atoms with Gasteiger partial charge in [-0.2, -0.15) is 0 Å². The minimum Gasteiger partial charge on any atom is -0.456 e. The molecule has 2 aromatic heterocycles. The summed E-state index contributed by atoms with van der Waals surface area (Å²) < 4.78 is 20.0. The van der Waals surface area contributed by atoms with Crippen molar-refractivity contribution < 1.29 is 13.9 Å². The molecule has 11 rings (SSSR count). The van der Waals surface area contributed by atoms with Crippen molar-refractivity contribution in [3.8, 4) is 79.2 Å². The molecule has 2 aliphatic rings. The zero-order valence-electron chi connectivity index (χ0n) is 29.6. The van der Waals surface area contributed by atoms with Gasteiger partial charge in [0.15, 0.2) is 28.8 Å². The number of furan rings is 1. The number of rotatable bonds is 4. The summed E-state index contributed by atoms with van der Waals surface area (Å²) in [5.41, 5.74) is 12.7. The Balaban J connectivity index is 1.05. The lowest BCUT2D eigenvalue weighted by Crippen LogP contribution is -2.15. The molecule has 5 nitrogen and oxygen atoms in total. The molecule has 0 amide bonds. The lowest BCUT2D eigenvalue weighted by Gasteiger charge is -2.26. The molecular formula is C49H32N2O3. The van der Waals surface area contributed by atoms with Crippen LogP contribution in [0.15, 0.2) is 162 Å². The van der Waals surface area contributed by atoms with Gasteiger partial charge in [0.1, 0.15) is 11.2 Å². The van der Waals surface area contributed by atoms with Crippen LogP contribution < -0.4 is 9.47 Å². The van der Waals surface area contributed by atoms with Crippen LogP contribution in [0.1, 0.15) is 25.0 Å². The minimum absolute atomic E-state index is 0.141. The third kappa shape index (κ3) is 4.58. The monoisotopic (exact) mass is 696 g/mol. The molecule has 0 bridgehead atoms. The molecule has 0 unspecified atom stereocenters. The second-order valence-electron chi connectivity index (χ2n) is 14.5. The first-order chi connectivity index (χ1) is 26.5. The molecule has 0 saturated carbocycles. The molecule has 1 aliphatic carbocycles. The van der Waals surface area contributed by atoms with E-state index >= 15 is 0 Å². The molecule has 0 N–H and O–H groups in total. The number of aromatic nitrogens is 2. The smallest absolute Gasteiger partial charge is 0.178 e. The van der Waals surface area contributed by atoms with Gasteiger partial charge >= 0.3 is 0 Å². The first-order valence-corrected chi connectivity index (χ1v) is 18.2. The minimum atomic E-state index is -0.141. The lowest BCUT2D eigenvalue weighted by molar-refractivity contribution is 0.361. The molecule has 0 radical (unpaired) electrons. The Kier molecular flexibility index (Phi) is 6.53. The Hall–Kier alpha value is -6.98. The average molecular weight is 697 g/mol. The van der Waals surface area contributed by atoms with Crippen LogP contribution in [0.5, 0.6) is 23.0 Å². The fourth-order valence-electron chi connectivity index (χ4n) is 8.33. The van der Waals surface area contributed by atoms with Crippen LogP contribution in [0.2, 0.25) is 0 Å². The van der Waals surface area contributed by atoms with E-state index in [1.807, 2.05) is 66.7 Å². The number of ether oxygens (including phenoxy) is 2. The van der Waals surface area contributed by atoms with Gasteiger partial charge in [0.2, 0.25) is 0 Å². The second-order valence-corrected chi connectivity index (χ2v) is 14.5. The molecule has 54 heavy (non-hydrogen) atoms. The molecule has 0 fully saturated rings. The predicted octanol–water partition coefficient (Wildman–Crippen LogP) is 13.2. The van der Waals surface area contributed by atoms with E-state index in [2.05, 4.69) is 105 Å². The summed E-state index contributed by atoms with van der Waals surface area (Å²) in [6, 6.07) is 53.9. The first kappa shape index (κ1) is 30.6. The molecule has 0 saturated heterocycles. The maximum atomic E-state index is 6.85. The number of benzene rings is 7. The van der Waals surface area contributed by atoms with Crippen molar-refractivity contribution in [2.24, 2.45) is 0 Å². The van der Waals surface area contributed by atoms with E-state index in [-0.39, 0.29) is 5.41 Å². The Morgan fingerprint density at radius 3 is 2.02 bits per heavy atom. The van der Waals surface area contributed by atoms with Crippen molar-refractivity contribution in [1.82, 2.24) is 9.97 Å². The molecule has 5 heteroatoms. The molecule has 9 aromatic rings. The van der Waals surface area contributed by atoms with E-state index in [4.69, 9.17) is 23.9 Å². The van der Waals surface area contributed by atoms with Gasteiger partial charge < -0.3 is 13.9 Å². The van der Waals surface area contributed by atoms with Crippen LogP contribution >= 0.6 is 0 Å². The zero-order chi connectivity index (χ0) is 36.0. The third-order valence-electron chi connectivity index (χ3n) is 11.0. The largest absolute Gasteiger partial charge is 0.456 e. The molecule has 7 aromatic carbocycles. The highest BCUT2D eigenvalue weighted by Crippen LogP contribution is 2.59. The van der Waals surface area contributed by atoms with Gasteiger partial charge in [0, 0.05) is 44.0 Å².